The average molecular weight is 452 g/mol. The molecule has 32 heavy (non-hydrogen) atoms. The molecule has 0 saturated heterocycles. The van der Waals surface area contributed by atoms with Crippen LogP contribution in [-0.2, 0) is 17.4 Å². The Bertz CT molecular complexity index is 973. The minimum absolute atomic E-state index is 0.00188. The summed E-state index contributed by atoms with van der Waals surface area (Å²) in [4.78, 5) is 12.3. The second-order valence-electron chi connectivity index (χ2n) is 7.19. The Hall–Kier alpha value is -3.09. The van der Waals surface area contributed by atoms with Gasteiger partial charge in [0.2, 0.25) is 5.91 Å². The maximum atomic E-state index is 13.4. The molecule has 1 aliphatic heterocycles. The molecule has 0 fully saturated rings. The highest BCUT2D eigenvalue weighted by atomic mass is 19.4. The number of carbonyl (C=O) groups excluding carboxylic acids is 1. The van der Waals surface area contributed by atoms with Crippen LogP contribution in [0.25, 0.3) is 5.70 Å². The summed E-state index contributed by atoms with van der Waals surface area (Å²) in [6, 6.07) is 11.8. The van der Waals surface area contributed by atoms with E-state index < -0.39 is 36.5 Å². The van der Waals surface area contributed by atoms with Gasteiger partial charge in [0.15, 0.2) is 0 Å². The third-order valence-electron chi connectivity index (χ3n) is 4.78. The molecule has 0 saturated carbocycles. The minimum Gasteiger partial charge on any atom is -0.426 e. The molecule has 0 aliphatic carbocycles. The highest BCUT2D eigenvalue weighted by Crippen LogP contribution is 2.32. The maximum Gasteiger partial charge on any atom is 0.475 e. The second-order valence-corrected chi connectivity index (χ2v) is 7.19. The molecule has 1 amide bonds. The predicted octanol–water partition coefficient (Wildman–Crippen LogP) is 1.60. The molecule has 1 unspecified atom stereocenters. The molecule has 5 N–H and O–H groups in total. The molecule has 170 valence electrons. The molecule has 3 rings (SSSR count). The van der Waals surface area contributed by atoms with Crippen LogP contribution in [-0.4, -0.2) is 40.6 Å². The number of nitrogens with one attached hydrogen (secondary N) is 3. The van der Waals surface area contributed by atoms with Gasteiger partial charge in [-0.1, -0.05) is 36.4 Å². The van der Waals surface area contributed by atoms with E-state index in [-0.39, 0.29) is 24.9 Å². The Morgan fingerprint density at radius 2 is 1.88 bits per heavy atom. The number of hydrazine groups is 2. The average Bonchev–Trinajstić information content (AvgIpc) is 3.22. The van der Waals surface area contributed by atoms with E-state index in [0.29, 0.717) is 12.1 Å². The maximum absolute atomic E-state index is 13.4. The summed E-state index contributed by atoms with van der Waals surface area (Å²) in [5.74, 6) is -3.24. The number of carbonyl (C=O) groups is 1. The Morgan fingerprint density at radius 3 is 2.53 bits per heavy atom. The lowest BCUT2D eigenvalue weighted by molar-refractivity contribution is -0.140. The summed E-state index contributed by atoms with van der Waals surface area (Å²) in [5.41, 5.74) is 6.11. The smallest absolute Gasteiger partial charge is 0.426 e. The van der Waals surface area contributed by atoms with Gasteiger partial charge in [-0.15, -0.1) is 5.53 Å². The van der Waals surface area contributed by atoms with E-state index in [9.17, 15) is 32.4 Å². The summed E-state index contributed by atoms with van der Waals surface area (Å²) in [5, 5.41) is 23.1. The van der Waals surface area contributed by atoms with Gasteiger partial charge in [-0.05, 0) is 24.1 Å². The van der Waals surface area contributed by atoms with E-state index in [4.69, 9.17) is 0 Å². The number of alkyl halides is 3. The van der Waals surface area contributed by atoms with Gasteiger partial charge in [-0.2, -0.15) is 13.2 Å². The van der Waals surface area contributed by atoms with Gasteiger partial charge in [-0.3, -0.25) is 9.80 Å². The molecule has 2 aromatic rings. The van der Waals surface area contributed by atoms with Crippen LogP contribution in [0.3, 0.4) is 0 Å². The van der Waals surface area contributed by atoms with Crippen LogP contribution >= 0.6 is 0 Å². The van der Waals surface area contributed by atoms with Crippen LogP contribution in [0, 0.1) is 5.82 Å². The van der Waals surface area contributed by atoms with Crippen LogP contribution in [0.2, 0.25) is 0 Å². The van der Waals surface area contributed by atoms with Gasteiger partial charge >= 0.3 is 13.3 Å². The molecule has 0 bridgehead atoms. The molecule has 0 radical (unpaired) electrons. The fraction of sp³-hybridized carbons (Fsp3) is 0.250. The molecular weight excluding hydrogens is 431 g/mol. The molecule has 0 aromatic heterocycles. The monoisotopic (exact) mass is 452 g/mol. The number of hydrogen-bond acceptors (Lipinski definition) is 6. The summed E-state index contributed by atoms with van der Waals surface area (Å²) < 4.78 is 52.1. The molecule has 7 nitrogen and oxygen atoms in total. The van der Waals surface area contributed by atoms with Gasteiger partial charge in [0, 0.05) is 24.7 Å². The van der Waals surface area contributed by atoms with Crippen molar-refractivity contribution in [3.8, 4) is 0 Å². The molecule has 1 aliphatic rings. The molecule has 12 heteroatoms. The first-order valence-corrected chi connectivity index (χ1v) is 9.70. The lowest BCUT2D eigenvalue weighted by Crippen LogP contribution is -2.48. The fourth-order valence-corrected chi connectivity index (χ4v) is 3.14. The Labute approximate surface area is 181 Å². The SMILES string of the molecule is O=C(CCN1C=C(c2ccccc2)NN1)NC(Cc1ccc(F)c(C(F)(F)F)c1)B(O)O. The van der Waals surface area contributed by atoms with E-state index >= 15 is 0 Å². The van der Waals surface area contributed by atoms with Crippen molar-refractivity contribution in [1.82, 2.24) is 21.3 Å². The van der Waals surface area contributed by atoms with Crippen molar-refractivity contribution in [2.45, 2.75) is 25.0 Å². The topological polar surface area (TPSA) is 96.9 Å². The highest BCUT2D eigenvalue weighted by molar-refractivity contribution is 6.43. The van der Waals surface area contributed by atoms with Crippen molar-refractivity contribution in [2.75, 3.05) is 6.54 Å². The Morgan fingerprint density at radius 1 is 1.16 bits per heavy atom. The first kappa shape index (κ1) is 23.6. The molecular formula is C20H21BF4N4O3. The first-order valence-electron chi connectivity index (χ1n) is 9.70. The summed E-state index contributed by atoms with van der Waals surface area (Å²) in [7, 11) is -2.02. The highest BCUT2D eigenvalue weighted by Gasteiger charge is 2.35. The number of nitrogens with zero attached hydrogens (tertiary/aromatic N) is 1. The van der Waals surface area contributed by atoms with Gasteiger partial charge in [-0.25, -0.2) is 4.39 Å². The normalized spacial score (nSPS) is 14.6. The zero-order valence-corrected chi connectivity index (χ0v) is 16.7. The Kier molecular flexibility index (Phi) is 7.39. The standard InChI is InChI=1S/C20H21BF4N4O3/c22-16-7-6-13(10-15(16)20(23,24)25)11-18(21(31)32)26-19(30)8-9-29-12-17(27-28-29)14-4-2-1-3-5-14/h1-7,10,12,18,27-28,31-32H,8-9,11H2,(H,26,30). The second kappa shape index (κ2) is 10.0. The van der Waals surface area contributed by atoms with Crippen molar-refractivity contribution in [1.29, 1.82) is 0 Å². The van der Waals surface area contributed by atoms with Crippen LogP contribution in [0.15, 0.2) is 54.7 Å². The fourth-order valence-electron chi connectivity index (χ4n) is 3.14. The van der Waals surface area contributed by atoms with Gasteiger partial charge < -0.3 is 20.8 Å². The van der Waals surface area contributed by atoms with Crippen molar-refractivity contribution < 1.29 is 32.4 Å². The number of rotatable bonds is 8. The van der Waals surface area contributed by atoms with Crippen molar-refractivity contribution in [3.05, 3.63) is 77.2 Å². The van der Waals surface area contributed by atoms with Crippen molar-refractivity contribution in [3.63, 3.8) is 0 Å². The van der Waals surface area contributed by atoms with Crippen LogP contribution in [0.4, 0.5) is 17.6 Å². The lowest BCUT2D eigenvalue weighted by Gasteiger charge is -2.20. The third kappa shape index (κ3) is 6.22. The zero-order chi connectivity index (χ0) is 23.3. The quantitative estimate of drug-likeness (QED) is 0.309. The third-order valence-corrected chi connectivity index (χ3v) is 4.78. The van der Waals surface area contributed by atoms with Crippen LogP contribution in [0.5, 0.6) is 0 Å². The predicted molar refractivity (Wildman–Crippen MR) is 109 cm³/mol. The molecule has 2 aromatic carbocycles. The van der Waals surface area contributed by atoms with E-state index in [1.165, 1.54) is 0 Å². The summed E-state index contributed by atoms with van der Waals surface area (Å²) in [6.07, 6.45) is -3.49. The molecule has 0 spiro atoms. The lowest BCUT2D eigenvalue weighted by atomic mass is 9.75. The minimum atomic E-state index is -4.89. The number of hydrogen-bond donors (Lipinski definition) is 5. The number of halogens is 4. The zero-order valence-electron chi connectivity index (χ0n) is 16.7. The van der Waals surface area contributed by atoms with Crippen molar-refractivity contribution >= 4 is 18.7 Å². The van der Waals surface area contributed by atoms with Crippen LogP contribution < -0.4 is 16.3 Å². The van der Waals surface area contributed by atoms with Crippen molar-refractivity contribution in [2.24, 2.45) is 0 Å². The summed E-state index contributed by atoms with van der Waals surface area (Å²) >= 11 is 0. The molecule has 1 heterocycles. The van der Waals surface area contributed by atoms with Gasteiger partial charge in [0.05, 0.1) is 17.2 Å². The van der Waals surface area contributed by atoms with Crippen LogP contribution in [0.1, 0.15) is 23.1 Å². The first-order chi connectivity index (χ1) is 15.1. The number of benzene rings is 2. The van der Waals surface area contributed by atoms with Gasteiger partial charge in [0.25, 0.3) is 0 Å². The van der Waals surface area contributed by atoms with E-state index in [0.717, 1.165) is 17.3 Å². The molecule has 1 atom stereocenters. The Balaban J connectivity index is 1.56. The number of amides is 1. The van der Waals surface area contributed by atoms with Gasteiger partial charge in [0.1, 0.15) is 5.82 Å². The van der Waals surface area contributed by atoms with E-state index in [2.05, 4.69) is 16.3 Å². The largest absolute Gasteiger partial charge is 0.475 e. The summed E-state index contributed by atoms with van der Waals surface area (Å²) in [6.45, 7) is 0.234. The van der Waals surface area contributed by atoms with E-state index in [1.807, 2.05) is 30.3 Å². The van der Waals surface area contributed by atoms with E-state index in [1.54, 1.807) is 11.2 Å².